The van der Waals surface area contributed by atoms with Crippen molar-refractivity contribution < 1.29 is 13.6 Å². The van der Waals surface area contributed by atoms with Gasteiger partial charge in [-0.3, -0.25) is 4.98 Å². The third-order valence-electron chi connectivity index (χ3n) is 2.57. The minimum atomic E-state index is -3.61. The van der Waals surface area contributed by atoms with Gasteiger partial charge in [-0.15, -0.1) is 0 Å². The summed E-state index contributed by atoms with van der Waals surface area (Å²) >= 11 is 0. The van der Waals surface area contributed by atoms with Gasteiger partial charge in [-0.2, -0.15) is 4.31 Å². The summed E-state index contributed by atoms with van der Waals surface area (Å²) in [5.41, 5.74) is 5.36. The van der Waals surface area contributed by atoms with Gasteiger partial charge in [0, 0.05) is 31.9 Å². The highest BCUT2D eigenvalue weighted by molar-refractivity contribution is 7.89. The zero-order valence-electron chi connectivity index (χ0n) is 10.2. The number of hydrogen-bond acceptors (Lipinski definition) is 5. The van der Waals surface area contributed by atoms with E-state index < -0.39 is 16.1 Å². The second-order valence-electron chi connectivity index (χ2n) is 3.85. The Balaban J connectivity index is 2.93. The SMILES string of the molecule is CC(C/C(N)=N/O)N(C)S(=O)(=O)c1cccnc1. The van der Waals surface area contributed by atoms with Gasteiger partial charge in [-0.05, 0) is 19.1 Å². The van der Waals surface area contributed by atoms with E-state index >= 15 is 0 Å². The van der Waals surface area contributed by atoms with Crippen molar-refractivity contribution in [2.24, 2.45) is 10.9 Å². The number of oxime groups is 1. The van der Waals surface area contributed by atoms with E-state index in [4.69, 9.17) is 10.9 Å². The van der Waals surface area contributed by atoms with Crippen LogP contribution in [0.25, 0.3) is 0 Å². The van der Waals surface area contributed by atoms with Gasteiger partial charge in [0.05, 0.1) is 0 Å². The van der Waals surface area contributed by atoms with E-state index in [0.717, 1.165) is 0 Å². The van der Waals surface area contributed by atoms with Crippen LogP contribution >= 0.6 is 0 Å². The molecule has 8 heteroatoms. The first-order valence-corrected chi connectivity index (χ1v) is 6.68. The van der Waals surface area contributed by atoms with Crippen LogP contribution in [0.1, 0.15) is 13.3 Å². The molecule has 1 aromatic rings. The maximum Gasteiger partial charge on any atom is 0.244 e. The topological polar surface area (TPSA) is 109 Å². The number of aromatic nitrogens is 1. The number of sulfonamides is 1. The van der Waals surface area contributed by atoms with Crippen LogP contribution in [-0.2, 0) is 10.0 Å². The number of hydrogen-bond donors (Lipinski definition) is 2. The summed E-state index contributed by atoms with van der Waals surface area (Å²) in [6.45, 7) is 1.67. The van der Waals surface area contributed by atoms with Crippen molar-refractivity contribution in [3.8, 4) is 0 Å². The first-order chi connectivity index (χ1) is 8.39. The fourth-order valence-electron chi connectivity index (χ4n) is 1.37. The quantitative estimate of drug-likeness (QED) is 0.345. The zero-order chi connectivity index (χ0) is 13.8. The molecule has 1 rings (SSSR count). The van der Waals surface area contributed by atoms with Gasteiger partial charge >= 0.3 is 0 Å². The number of rotatable bonds is 5. The Labute approximate surface area is 106 Å². The molecule has 0 bridgehead atoms. The summed E-state index contributed by atoms with van der Waals surface area (Å²) in [5.74, 6) is -0.0178. The fraction of sp³-hybridized carbons (Fsp3) is 0.400. The van der Waals surface area contributed by atoms with E-state index in [2.05, 4.69) is 10.1 Å². The molecule has 0 aliphatic carbocycles. The average molecular weight is 272 g/mol. The van der Waals surface area contributed by atoms with Gasteiger partial charge < -0.3 is 10.9 Å². The third kappa shape index (κ3) is 3.17. The second-order valence-corrected chi connectivity index (χ2v) is 5.85. The Hall–Kier alpha value is -1.67. The van der Waals surface area contributed by atoms with Gasteiger partial charge in [0.15, 0.2) is 0 Å². The van der Waals surface area contributed by atoms with Crippen LogP contribution in [0.15, 0.2) is 34.6 Å². The van der Waals surface area contributed by atoms with Gasteiger partial charge in [-0.1, -0.05) is 5.16 Å². The van der Waals surface area contributed by atoms with Gasteiger partial charge in [-0.25, -0.2) is 8.42 Å². The minimum Gasteiger partial charge on any atom is -0.409 e. The van der Waals surface area contributed by atoms with Crippen LogP contribution in [0.2, 0.25) is 0 Å². The highest BCUT2D eigenvalue weighted by Gasteiger charge is 2.25. The molecular formula is C10H16N4O3S. The number of nitrogens with two attached hydrogens (primary N) is 1. The Morgan fingerprint density at radius 3 is 2.83 bits per heavy atom. The van der Waals surface area contributed by atoms with Crippen LogP contribution < -0.4 is 5.73 Å². The predicted octanol–water partition coefficient (Wildman–Crippen LogP) is 0.227. The first-order valence-electron chi connectivity index (χ1n) is 5.24. The fourth-order valence-corrected chi connectivity index (χ4v) is 2.70. The molecule has 100 valence electrons. The van der Waals surface area contributed by atoms with Crippen LogP contribution in [0, 0.1) is 0 Å². The molecule has 0 aromatic carbocycles. The molecule has 1 unspecified atom stereocenters. The van der Waals surface area contributed by atoms with Crippen molar-refractivity contribution in [1.29, 1.82) is 0 Å². The maximum absolute atomic E-state index is 12.2. The van der Waals surface area contributed by atoms with Crippen molar-refractivity contribution in [3.63, 3.8) is 0 Å². The Kier molecular flexibility index (Phi) is 4.62. The molecular weight excluding hydrogens is 256 g/mol. The molecule has 0 saturated carbocycles. The normalized spacial score (nSPS) is 14.7. The first kappa shape index (κ1) is 14.4. The molecule has 18 heavy (non-hydrogen) atoms. The van der Waals surface area contributed by atoms with Crippen LogP contribution in [0.5, 0.6) is 0 Å². The molecule has 1 aromatic heterocycles. The smallest absolute Gasteiger partial charge is 0.244 e. The highest BCUT2D eigenvalue weighted by Crippen LogP contribution is 2.16. The molecule has 0 saturated heterocycles. The van der Waals surface area contributed by atoms with Crippen molar-refractivity contribution in [2.75, 3.05) is 7.05 Å². The monoisotopic (exact) mass is 272 g/mol. The lowest BCUT2D eigenvalue weighted by molar-refractivity contribution is 0.313. The lowest BCUT2D eigenvalue weighted by atomic mass is 10.2. The summed E-state index contributed by atoms with van der Waals surface area (Å²) in [6.07, 6.45) is 2.92. The molecule has 0 fully saturated rings. The summed E-state index contributed by atoms with van der Waals surface area (Å²) in [7, 11) is -2.17. The van der Waals surface area contributed by atoms with E-state index in [0.29, 0.717) is 0 Å². The van der Waals surface area contributed by atoms with Crippen molar-refractivity contribution in [2.45, 2.75) is 24.3 Å². The van der Waals surface area contributed by atoms with Gasteiger partial charge in [0.25, 0.3) is 0 Å². The molecule has 7 nitrogen and oxygen atoms in total. The van der Waals surface area contributed by atoms with Crippen LogP contribution in [0.3, 0.4) is 0 Å². The maximum atomic E-state index is 12.2. The second kappa shape index (κ2) is 5.78. The molecule has 0 spiro atoms. The molecule has 1 heterocycles. The summed E-state index contributed by atoms with van der Waals surface area (Å²) in [5, 5.41) is 11.3. The van der Waals surface area contributed by atoms with E-state index in [-0.39, 0.29) is 17.2 Å². The van der Waals surface area contributed by atoms with Crippen LogP contribution in [0.4, 0.5) is 0 Å². The molecule has 1 atom stereocenters. The van der Waals surface area contributed by atoms with E-state index in [9.17, 15) is 8.42 Å². The van der Waals surface area contributed by atoms with Gasteiger partial charge in [0.2, 0.25) is 10.0 Å². The van der Waals surface area contributed by atoms with Crippen molar-refractivity contribution >= 4 is 15.9 Å². The number of nitrogens with zero attached hydrogens (tertiary/aromatic N) is 3. The number of pyridine rings is 1. The lowest BCUT2D eigenvalue weighted by Crippen LogP contribution is -2.37. The van der Waals surface area contributed by atoms with Crippen molar-refractivity contribution in [1.82, 2.24) is 9.29 Å². The molecule has 0 aliphatic rings. The zero-order valence-corrected chi connectivity index (χ0v) is 11.0. The summed E-state index contributed by atoms with van der Waals surface area (Å²) in [4.78, 5) is 3.89. The Morgan fingerprint density at radius 2 is 2.33 bits per heavy atom. The molecule has 0 amide bonds. The van der Waals surface area contributed by atoms with E-state index in [1.54, 1.807) is 13.0 Å². The van der Waals surface area contributed by atoms with E-state index in [1.807, 2.05) is 0 Å². The predicted molar refractivity (Wildman–Crippen MR) is 66.7 cm³/mol. The van der Waals surface area contributed by atoms with Crippen molar-refractivity contribution in [3.05, 3.63) is 24.5 Å². The molecule has 0 radical (unpaired) electrons. The third-order valence-corrected chi connectivity index (χ3v) is 4.52. The lowest BCUT2D eigenvalue weighted by Gasteiger charge is -2.23. The number of amidine groups is 1. The summed E-state index contributed by atoms with van der Waals surface area (Å²) < 4.78 is 25.5. The highest BCUT2D eigenvalue weighted by atomic mass is 32.2. The average Bonchev–Trinajstić information content (AvgIpc) is 2.38. The summed E-state index contributed by atoms with van der Waals surface area (Å²) in [6, 6.07) is 2.59. The Bertz CT molecular complexity index is 515. The molecule has 0 aliphatic heterocycles. The largest absolute Gasteiger partial charge is 0.409 e. The van der Waals surface area contributed by atoms with Crippen LogP contribution in [-0.4, -0.2) is 41.8 Å². The van der Waals surface area contributed by atoms with Gasteiger partial charge in [0.1, 0.15) is 10.7 Å². The van der Waals surface area contributed by atoms with E-state index in [1.165, 1.54) is 29.8 Å². The molecule has 3 N–H and O–H groups in total. The minimum absolute atomic E-state index is 0.0178. The Morgan fingerprint density at radius 1 is 1.67 bits per heavy atom. The standard InChI is InChI=1S/C10H16N4O3S/c1-8(6-10(11)13-15)14(2)18(16,17)9-4-3-5-12-7-9/h3-5,7-8,15H,6H2,1-2H3,(H2,11,13).